The summed E-state index contributed by atoms with van der Waals surface area (Å²) in [5.74, 6) is 0. The minimum atomic E-state index is -0.425. The molecule has 2 N–H and O–H groups in total. The molecule has 5 heteroatoms. The van der Waals surface area contributed by atoms with Crippen molar-refractivity contribution < 1.29 is 5.11 Å². The molecule has 1 fully saturated rings. The van der Waals surface area contributed by atoms with Gasteiger partial charge in [-0.25, -0.2) is 9.97 Å². The van der Waals surface area contributed by atoms with Crippen molar-refractivity contribution in [3.63, 3.8) is 0 Å². The van der Waals surface area contributed by atoms with Crippen LogP contribution in [0.1, 0.15) is 24.8 Å². The van der Waals surface area contributed by atoms with Crippen molar-refractivity contribution in [3.8, 4) is 0 Å². The molecule has 2 aromatic heterocycles. The van der Waals surface area contributed by atoms with Gasteiger partial charge in [0.15, 0.2) is 0 Å². The number of nitrogens with one attached hydrogen (secondary N) is 1. The van der Waals surface area contributed by atoms with Gasteiger partial charge in [0.05, 0.1) is 11.0 Å². The highest BCUT2D eigenvalue weighted by atomic mass is 35.5. The molecule has 0 radical (unpaired) electrons. The molecule has 1 aliphatic rings. The normalized spacial score (nSPS) is 17.9. The molecule has 4 nitrogen and oxygen atoms in total. The number of aromatic amines is 1. The van der Waals surface area contributed by atoms with Gasteiger partial charge in [0.25, 0.3) is 0 Å². The fraction of sp³-hybridized carbons (Fsp3) is 0.455. The van der Waals surface area contributed by atoms with Gasteiger partial charge in [0.2, 0.25) is 0 Å². The summed E-state index contributed by atoms with van der Waals surface area (Å²) in [5, 5.41) is 11.2. The lowest BCUT2D eigenvalue weighted by molar-refractivity contribution is 0.140. The standard InChI is InChI=1S/C11H12ClN3O/c12-9-8-7(1-2-11(16)3-4-11)5-13-10(8)15-6-14-9/h5-6,16H,1-4H2,(H,13,14,15). The van der Waals surface area contributed by atoms with E-state index in [2.05, 4.69) is 15.0 Å². The van der Waals surface area contributed by atoms with Crippen LogP contribution in [0.15, 0.2) is 12.5 Å². The number of aryl methyl sites for hydroxylation is 1. The minimum absolute atomic E-state index is 0.425. The van der Waals surface area contributed by atoms with Crippen LogP contribution in [0.4, 0.5) is 0 Å². The summed E-state index contributed by atoms with van der Waals surface area (Å²) in [5.41, 5.74) is 1.42. The molecule has 0 spiro atoms. The van der Waals surface area contributed by atoms with E-state index in [1.807, 2.05) is 6.20 Å². The van der Waals surface area contributed by atoms with Crippen LogP contribution in [-0.4, -0.2) is 25.7 Å². The number of nitrogens with zero attached hydrogens (tertiary/aromatic N) is 2. The number of fused-ring (bicyclic) bond motifs is 1. The summed E-state index contributed by atoms with van der Waals surface area (Å²) in [6.07, 6.45) is 6.77. The van der Waals surface area contributed by atoms with E-state index >= 15 is 0 Å². The first kappa shape index (κ1) is 10.1. The van der Waals surface area contributed by atoms with Gasteiger partial charge in [-0.1, -0.05) is 11.6 Å². The second-order valence-electron chi connectivity index (χ2n) is 4.43. The third-order valence-corrected chi connectivity index (χ3v) is 3.48. The molecule has 0 aliphatic heterocycles. The van der Waals surface area contributed by atoms with Gasteiger partial charge in [-0.05, 0) is 31.2 Å². The summed E-state index contributed by atoms with van der Waals surface area (Å²) >= 11 is 6.04. The molecule has 0 aromatic carbocycles. The Morgan fingerprint density at radius 1 is 1.44 bits per heavy atom. The SMILES string of the molecule is OC1(CCc2c[nH]c3ncnc(Cl)c23)CC1. The Kier molecular flexibility index (Phi) is 2.16. The molecule has 2 heterocycles. The Labute approximate surface area is 97.7 Å². The minimum Gasteiger partial charge on any atom is -0.390 e. The fourth-order valence-corrected chi connectivity index (χ4v) is 2.20. The number of rotatable bonds is 3. The Morgan fingerprint density at radius 2 is 2.25 bits per heavy atom. The van der Waals surface area contributed by atoms with Crippen molar-refractivity contribution in [2.24, 2.45) is 0 Å². The van der Waals surface area contributed by atoms with Crippen molar-refractivity contribution in [2.45, 2.75) is 31.3 Å². The lowest BCUT2D eigenvalue weighted by Crippen LogP contribution is -2.07. The molecular weight excluding hydrogens is 226 g/mol. The summed E-state index contributed by atoms with van der Waals surface area (Å²) < 4.78 is 0. The molecular formula is C11H12ClN3O. The van der Waals surface area contributed by atoms with Crippen LogP contribution in [0.5, 0.6) is 0 Å². The van der Waals surface area contributed by atoms with Crippen LogP contribution < -0.4 is 0 Å². The number of aliphatic hydroxyl groups is 1. The van der Waals surface area contributed by atoms with Crippen molar-refractivity contribution in [2.75, 3.05) is 0 Å². The quantitative estimate of drug-likeness (QED) is 0.804. The monoisotopic (exact) mass is 237 g/mol. The second kappa shape index (κ2) is 3.43. The molecule has 1 saturated carbocycles. The summed E-state index contributed by atoms with van der Waals surface area (Å²) in [4.78, 5) is 11.1. The molecule has 0 unspecified atom stereocenters. The predicted molar refractivity (Wildman–Crippen MR) is 61.4 cm³/mol. The summed E-state index contributed by atoms with van der Waals surface area (Å²) in [6.45, 7) is 0. The topological polar surface area (TPSA) is 61.8 Å². The van der Waals surface area contributed by atoms with Crippen LogP contribution >= 0.6 is 11.6 Å². The van der Waals surface area contributed by atoms with Crippen molar-refractivity contribution in [1.29, 1.82) is 0 Å². The smallest absolute Gasteiger partial charge is 0.142 e. The van der Waals surface area contributed by atoms with Crippen LogP contribution in [0.2, 0.25) is 5.15 Å². The maximum absolute atomic E-state index is 9.79. The van der Waals surface area contributed by atoms with E-state index in [-0.39, 0.29) is 0 Å². The molecule has 1 aliphatic carbocycles. The zero-order valence-corrected chi connectivity index (χ0v) is 9.46. The van der Waals surface area contributed by atoms with Gasteiger partial charge < -0.3 is 10.1 Å². The van der Waals surface area contributed by atoms with Gasteiger partial charge >= 0.3 is 0 Å². The number of hydrogen-bond donors (Lipinski definition) is 2. The summed E-state index contributed by atoms with van der Waals surface area (Å²) in [7, 11) is 0. The molecule has 84 valence electrons. The first-order chi connectivity index (χ1) is 7.68. The van der Waals surface area contributed by atoms with E-state index in [1.54, 1.807) is 0 Å². The zero-order valence-electron chi connectivity index (χ0n) is 8.70. The van der Waals surface area contributed by atoms with E-state index < -0.39 is 5.60 Å². The van der Waals surface area contributed by atoms with E-state index in [4.69, 9.17) is 11.6 Å². The van der Waals surface area contributed by atoms with Gasteiger partial charge in [-0.3, -0.25) is 0 Å². The number of hydrogen-bond acceptors (Lipinski definition) is 3. The number of aromatic nitrogens is 3. The second-order valence-corrected chi connectivity index (χ2v) is 4.78. The third-order valence-electron chi connectivity index (χ3n) is 3.19. The average Bonchev–Trinajstić information content (AvgIpc) is 2.86. The molecule has 16 heavy (non-hydrogen) atoms. The average molecular weight is 238 g/mol. The Bertz CT molecular complexity index is 533. The molecule has 0 bridgehead atoms. The highest BCUT2D eigenvalue weighted by Gasteiger charge is 2.39. The first-order valence-electron chi connectivity index (χ1n) is 5.37. The fourth-order valence-electron chi connectivity index (χ4n) is 1.94. The number of halogens is 1. The van der Waals surface area contributed by atoms with Crippen LogP contribution in [0.3, 0.4) is 0 Å². The van der Waals surface area contributed by atoms with E-state index in [0.29, 0.717) is 5.15 Å². The van der Waals surface area contributed by atoms with Crippen LogP contribution in [0.25, 0.3) is 11.0 Å². The van der Waals surface area contributed by atoms with Crippen LogP contribution in [-0.2, 0) is 6.42 Å². The highest BCUT2D eigenvalue weighted by molar-refractivity contribution is 6.34. The van der Waals surface area contributed by atoms with Gasteiger partial charge in [-0.2, -0.15) is 0 Å². The van der Waals surface area contributed by atoms with Gasteiger partial charge in [0, 0.05) is 6.20 Å². The largest absolute Gasteiger partial charge is 0.390 e. The summed E-state index contributed by atoms with van der Waals surface area (Å²) in [6, 6.07) is 0. The molecule has 0 saturated heterocycles. The maximum atomic E-state index is 9.79. The van der Waals surface area contributed by atoms with Crippen molar-refractivity contribution >= 4 is 22.6 Å². The highest BCUT2D eigenvalue weighted by Crippen LogP contribution is 2.39. The van der Waals surface area contributed by atoms with Gasteiger partial charge in [-0.15, -0.1) is 0 Å². The predicted octanol–water partition coefficient (Wildman–Crippen LogP) is 2.07. The molecule has 3 rings (SSSR count). The molecule has 0 amide bonds. The van der Waals surface area contributed by atoms with Crippen molar-refractivity contribution in [1.82, 2.24) is 15.0 Å². The lowest BCUT2D eigenvalue weighted by Gasteiger charge is -2.05. The molecule has 0 atom stereocenters. The Hall–Kier alpha value is -1.13. The third kappa shape index (κ3) is 1.68. The van der Waals surface area contributed by atoms with E-state index in [1.165, 1.54) is 6.33 Å². The number of H-pyrrole nitrogens is 1. The van der Waals surface area contributed by atoms with E-state index in [0.717, 1.165) is 42.3 Å². The zero-order chi connectivity index (χ0) is 11.2. The lowest BCUT2D eigenvalue weighted by atomic mass is 10.1. The first-order valence-corrected chi connectivity index (χ1v) is 5.75. The van der Waals surface area contributed by atoms with Crippen LogP contribution in [0, 0.1) is 0 Å². The van der Waals surface area contributed by atoms with Gasteiger partial charge in [0.1, 0.15) is 17.1 Å². The Balaban J connectivity index is 1.91. The Morgan fingerprint density at radius 3 is 3.00 bits per heavy atom. The maximum Gasteiger partial charge on any atom is 0.142 e. The van der Waals surface area contributed by atoms with E-state index in [9.17, 15) is 5.11 Å². The molecule has 2 aromatic rings. The van der Waals surface area contributed by atoms with Crippen molar-refractivity contribution in [3.05, 3.63) is 23.2 Å².